The highest BCUT2D eigenvalue weighted by molar-refractivity contribution is 5.23. The predicted molar refractivity (Wildman–Crippen MR) is 71.4 cm³/mol. The second kappa shape index (κ2) is 5.40. The van der Waals surface area contributed by atoms with Crippen LogP contribution in [-0.4, -0.2) is 15.8 Å². The Morgan fingerprint density at radius 1 is 1.39 bits per heavy atom. The predicted octanol–water partition coefficient (Wildman–Crippen LogP) is 2.83. The maximum Gasteiger partial charge on any atom is 0.105 e. The summed E-state index contributed by atoms with van der Waals surface area (Å²) in [5.74, 6) is 1.97. The summed E-state index contributed by atoms with van der Waals surface area (Å²) in [6.07, 6.45) is 3.79. The van der Waals surface area contributed by atoms with E-state index in [-0.39, 0.29) is 6.04 Å². The molecule has 0 saturated heterocycles. The van der Waals surface area contributed by atoms with Crippen LogP contribution in [0.2, 0.25) is 0 Å². The molecule has 0 aliphatic rings. The summed E-state index contributed by atoms with van der Waals surface area (Å²) >= 11 is 0. The Labute approximate surface area is 108 Å². The van der Waals surface area contributed by atoms with Crippen molar-refractivity contribution in [2.24, 2.45) is 0 Å². The Morgan fingerprint density at radius 2 is 2.17 bits per heavy atom. The molecule has 0 saturated carbocycles. The molecular formula is C14H21N3O. The third-order valence-electron chi connectivity index (χ3n) is 3.10. The lowest BCUT2D eigenvalue weighted by Gasteiger charge is -2.19. The van der Waals surface area contributed by atoms with E-state index in [1.807, 2.05) is 30.8 Å². The SMILES string of the molecule is Cc1cc(C(C)NC(C)Cn2cccn2)c(C)o1. The first-order valence-electron chi connectivity index (χ1n) is 6.36. The number of aryl methyl sites for hydroxylation is 2. The van der Waals surface area contributed by atoms with E-state index in [0.29, 0.717) is 6.04 Å². The van der Waals surface area contributed by atoms with Crippen molar-refractivity contribution in [3.63, 3.8) is 0 Å². The van der Waals surface area contributed by atoms with E-state index in [0.717, 1.165) is 18.1 Å². The molecule has 2 atom stereocenters. The molecule has 1 N–H and O–H groups in total. The van der Waals surface area contributed by atoms with Gasteiger partial charge in [-0.3, -0.25) is 4.68 Å². The topological polar surface area (TPSA) is 43.0 Å². The molecule has 4 nitrogen and oxygen atoms in total. The van der Waals surface area contributed by atoms with Gasteiger partial charge in [0.15, 0.2) is 0 Å². The molecule has 4 heteroatoms. The number of furan rings is 1. The molecule has 98 valence electrons. The Morgan fingerprint density at radius 3 is 2.72 bits per heavy atom. The lowest BCUT2D eigenvalue weighted by molar-refractivity contribution is 0.408. The fourth-order valence-electron chi connectivity index (χ4n) is 2.34. The van der Waals surface area contributed by atoms with Gasteiger partial charge in [-0.2, -0.15) is 5.10 Å². The summed E-state index contributed by atoms with van der Waals surface area (Å²) in [6, 6.07) is 4.69. The molecule has 0 aliphatic heterocycles. The van der Waals surface area contributed by atoms with E-state index in [4.69, 9.17) is 4.42 Å². The molecule has 0 spiro atoms. The quantitative estimate of drug-likeness (QED) is 0.883. The monoisotopic (exact) mass is 247 g/mol. The van der Waals surface area contributed by atoms with Crippen molar-refractivity contribution in [3.05, 3.63) is 41.6 Å². The van der Waals surface area contributed by atoms with E-state index in [2.05, 4.69) is 30.3 Å². The normalized spacial score (nSPS) is 14.7. The van der Waals surface area contributed by atoms with Crippen LogP contribution < -0.4 is 5.32 Å². The Hall–Kier alpha value is -1.55. The van der Waals surface area contributed by atoms with Crippen molar-refractivity contribution in [2.75, 3.05) is 0 Å². The minimum Gasteiger partial charge on any atom is -0.466 e. The molecule has 0 radical (unpaired) electrons. The third-order valence-corrected chi connectivity index (χ3v) is 3.10. The van der Waals surface area contributed by atoms with Crippen molar-refractivity contribution < 1.29 is 4.42 Å². The zero-order chi connectivity index (χ0) is 13.1. The average Bonchev–Trinajstić information content (AvgIpc) is 2.88. The van der Waals surface area contributed by atoms with Crippen molar-refractivity contribution >= 4 is 0 Å². The zero-order valence-corrected chi connectivity index (χ0v) is 11.5. The van der Waals surface area contributed by atoms with E-state index in [9.17, 15) is 0 Å². The molecule has 0 fully saturated rings. The summed E-state index contributed by atoms with van der Waals surface area (Å²) in [7, 11) is 0. The van der Waals surface area contributed by atoms with Gasteiger partial charge in [0.25, 0.3) is 0 Å². The first-order valence-corrected chi connectivity index (χ1v) is 6.36. The van der Waals surface area contributed by atoms with Crippen LogP contribution in [0.15, 0.2) is 28.9 Å². The number of nitrogens with one attached hydrogen (secondary N) is 1. The average molecular weight is 247 g/mol. The van der Waals surface area contributed by atoms with Gasteiger partial charge in [0.05, 0.1) is 6.54 Å². The van der Waals surface area contributed by atoms with Gasteiger partial charge >= 0.3 is 0 Å². The summed E-state index contributed by atoms with van der Waals surface area (Å²) in [6.45, 7) is 9.19. The molecule has 2 heterocycles. The van der Waals surface area contributed by atoms with Crippen LogP contribution in [0.25, 0.3) is 0 Å². The van der Waals surface area contributed by atoms with Gasteiger partial charge in [-0.05, 0) is 39.8 Å². The molecule has 2 aromatic heterocycles. The van der Waals surface area contributed by atoms with E-state index in [1.54, 1.807) is 6.20 Å². The van der Waals surface area contributed by atoms with Crippen molar-refractivity contribution in [1.82, 2.24) is 15.1 Å². The number of aromatic nitrogens is 2. The van der Waals surface area contributed by atoms with Gasteiger partial charge in [0.2, 0.25) is 0 Å². The maximum atomic E-state index is 5.57. The van der Waals surface area contributed by atoms with Gasteiger partial charge < -0.3 is 9.73 Å². The van der Waals surface area contributed by atoms with E-state index < -0.39 is 0 Å². The second-order valence-corrected chi connectivity index (χ2v) is 4.89. The van der Waals surface area contributed by atoms with Crippen LogP contribution >= 0.6 is 0 Å². The first-order chi connectivity index (χ1) is 8.56. The van der Waals surface area contributed by atoms with Gasteiger partial charge in [-0.1, -0.05) is 0 Å². The maximum absolute atomic E-state index is 5.57. The van der Waals surface area contributed by atoms with Gasteiger partial charge in [-0.25, -0.2) is 0 Å². The van der Waals surface area contributed by atoms with Crippen LogP contribution in [0, 0.1) is 13.8 Å². The fourth-order valence-corrected chi connectivity index (χ4v) is 2.34. The molecule has 0 aliphatic carbocycles. The molecular weight excluding hydrogens is 226 g/mol. The lowest BCUT2D eigenvalue weighted by Crippen LogP contribution is -2.32. The molecule has 18 heavy (non-hydrogen) atoms. The van der Waals surface area contributed by atoms with E-state index in [1.165, 1.54) is 5.56 Å². The number of rotatable bonds is 5. The summed E-state index contributed by atoms with van der Waals surface area (Å²) < 4.78 is 7.51. The number of hydrogen-bond donors (Lipinski definition) is 1. The fraction of sp³-hybridized carbons (Fsp3) is 0.500. The van der Waals surface area contributed by atoms with Crippen LogP contribution in [-0.2, 0) is 6.54 Å². The highest BCUT2D eigenvalue weighted by Gasteiger charge is 2.14. The van der Waals surface area contributed by atoms with Crippen LogP contribution in [0.1, 0.15) is 37.0 Å². The largest absolute Gasteiger partial charge is 0.466 e. The molecule has 0 bridgehead atoms. The zero-order valence-electron chi connectivity index (χ0n) is 11.5. The van der Waals surface area contributed by atoms with Gasteiger partial charge in [0.1, 0.15) is 11.5 Å². The summed E-state index contributed by atoms with van der Waals surface area (Å²) in [5, 5.41) is 7.78. The minimum atomic E-state index is 0.285. The summed E-state index contributed by atoms with van der Waals surface area (Å²) in [4.78, 5) is 0. The smallest absolute Gasteiger partial charge is 0.105 e. The van der Waals surface area contributed by atoms with Crippen LogP contribution in [0.3, 0.4) is 0 Å². The molecule has 0 aromatic carbocycles. The Kier molecular flexibility index (Phi) is 3.87. The van der Waals surface area contributed by atoms with Crippen LogP contribution in [0.4, 0.5) is 0 Å². The molecule has 2 aromatic rings. The third kappa shape index (κ3) is 3.01. The lowest BCUT2D eigenvalue weighted by atomic mass is 10.1. The molecule has 2 rings (SSSR count). The van der Waals surface area contributed by atoms with Gasteiger partial charge in [0, 0.05) is 30.0 Å². The summed E-state index contributed by atoms with van der Waals surface area (Å²) in [5.41, 5.74) is 1.24. The van der Waals surface area contributed by atoms with Crippen molar-refractivity contribution in [1.29, 1.82) is 0 Å². The highest BCUT2D eigenvalue weighted by atomic mass is 16.3. The standard InChI is InChI=1S/C14H21N3O/c1-10(9-17-7-5-6-15-17)16-12(3)14-8-11(2)18-13(14)4/h5-8,10,12,16H,9H2,1-4H3. The molecule has 0 amide bonds. The van der Waals surface area contributed by atoms with Gasteiger partial charge in [-0.15, -0.1) is 0 Å². The van der Waals surface area contributed by atoms with Crippen LogP contribution in [0.5, 0.6) is 0 Å². The molecule has 2 unspecified atom stereocenters. The van der Waals surface area contributed by atoms with Crippen molar-refractivity contribution in [2.45, 2.75) is 46.3 Å². The van der Waals surface area contributed by atoms with Crippen molar-refractivity contribution in [3.8, 4) is 0 Å². The second-order valence-electron chi connectivity index (χ2n) is 4.89. The van der Waals surface area contributed by atoms with E-state index >= 15 is 0 Å². The Bertz CT molecular complexity index is 487. The highest BCUT2D eigenvalue weighted by Crippen LogP contribution is 2.21. The number of hydrogen-bond acceptors (Lipinski definition) is 3. The number of nitrogens with zero attached hydrogens (tertiary/aromatic N) is 2. The minimum absolute atomic E-state index is 0.285. The Balaban J connectivity index is 1.94. The first kappa shape index (κ1) is 12.9.